The van der Waals surface area contributed by atoms with Crippen LogP contribution >= 0.6 is 0 Å². The van der Waals surface area contributed by atoms with Gasteiger partial charge in [0, 0.05) is 11.8 Å². The summed E-state index contributed by atoms with van der Waals surface area (Å²) in [5.41, 5.74) is -0.278. The van der Waals surface area contributed by atoms with Gasteiger partial charge in [-0.15, -0.1) is 0 Å². The normalized spacial score (nSPS) is 52.1. The van der Waals surface area contributed by atoms with E-state index >= 15 is 0 Å². The maximum absolute atomic E-state index is 10.7. The molecule has 8 atom stereocenters. The second-order valence-corrected chi connectivity index (χ2v) is 7.61. The fraction of sp³-hybridized carbons (Fsp3) is 0.875. The van der Waals surface area contributed by atoms with Gasteiger partial charge in [0.1, 0.15) is 24.4 Å². The molecule has 7 heteroatoms. The molecular weight excluding hydrogens is 304 g/mol. The number of aliphatic hydroxyl groups is 5. The number of ether oxygens (including phenoxy) is 2. The van der Waals surface area contributed by atoms with E-state index in [0.717, 1.165) is 5.57 Å². The topological polar surface area (TPSA) is 120 Å². The Morgan fingerprint density at radius 3 is 2.39 bits per heavy atom. The fourth-order valence-electron chi connectivity index (χ4n) is 4.13. The van der Waals surface area contributed by atoms with Gasteiger partial charge in [0.05, 0.1) is 18.3 Å². The lowest BCUT2D eigenvalue weighted by molar-refractivity contribution is -0.322. The molecule has 0 aromatic heterocycles. The van der Waals surface area contributed by atoms with Crippen LogP contribution in [0.25, 0.3) is 0 Å². The summed E-state index contributed by atoms with van der Waals surface area (Å²) < 4.78 is 11.1. The van der Waals surface area contributed by atoms with Gasteiger partial charge in [0.2, 0.25) is 0 Å². The number of rotatable bonds is 3. The summed E-state index contributed by atoms with van der Waals surface area (Å²) in [5, 5.41) is 49.5. The van der Waals surface area contributed by atoms with E-state index in [1.165, 1.54) is 0 Å². The minimum atomic E-state index is -1.48. The summed E-state index contributed by atoms with van der Waals surface area (Å²) in [4.78, 5) is 0. The molecule has 0 amide bonds. The first-order chi connectivity index (χ1) is 10.6. The first kappa shape index (κ1) is 17.3. The molecule has 132 valence electrons. The zero-order valence-electron chi connectivity index (χ0n) is 13.4. The van der Waals surface area contributed by atoms with Gasteiger partial charge < -0.3 is 35.0 Å². The minimum Gasteiger partial charge on any atom is -0.394 e. The van der Waals surface area contributed by atoms with Crippen LogP contribution in [0.15, 0.2) is 12.2 Å². The van der Waals surface area contributed by atoms with Crippen molar-refractivity contribution in [1.29, 1.82) is 0 Å². The number of hydrogen-bond acceptors (Lipinski definition) is 7. The lowest BCUT2D eigenvalue weighted by atomic mass is 9.44. The molecule has 0 unspecified atom stereocenters. The summed E-state index contributed by atoms with van der Waals surface area (Å²) in [6, 6.07) is 0. The molecule has 5 N–H and O–H groups in total. The molecule has 4 aliphatic rings. The Morgan fingerprint density at radius 2 is 1.83 bits per heavy atom. The molecule has 0 aromatic carbocycles. The highest BCUT2D eigenvalue weighted by Crippen LogP contribution is 2.64. The molecule has 1 saturated heterocycles. The highest BCUT2D eigenvalue weighted by atomic mass is 16.7. The summed E-state index contributed by atoms with van der Waals surface area (Å²) >= 11 is 0. The molecule has 23 heavy (non-hydrogen) atoms. The lowest BCUT2D eigenvalue weighted by Crippen LogP contribution is -2.68. The van der Waals surface area contributed by atoms with Crippen LogP contribution < -0.4 is 0 Å². The molecule has 3 saturated carbocycles. The lowest BCUT2D eigenvalue weighted by Gasteiger charge is -2.65. The largest absolute Gasteiger partial charge is 0.394 e. The van der Waals surface area contributed by atoms with E-state index in [2.05, 4.69) is 6.58 Å². The average Bonchev–Trinajstić information content (AvgIpc) is 2.50. The Kier molecular flexibility index (Phi) is 4.12. The molecule has 0 spiro atoms. The highest BCUT2D eigenvalue weighted by molar-refractivity contribution is 5.29. The zero-order chi connectivity index (χ0) is 17.2. The van der Waals surface area contributed by atoms with Crippen molar-refractivity contribution >= 4 is 0 Å². The van der Waals surface area contributed by atoms with Crippen LogP contribution in [-0.2, 0) is 9.47 Å². The Labute approximate surface area is 135 Å². The standard InChI is InChI=1S/C16H26O7/c1-7-8-4-16(21,15(8,2)3)5-9(7)22-14-13(20)12(19)11(18)10(6-17)23-14/h8-14,17-21H,1,4-6H2,2-3H3/t8-,9+,10-,11-,12+,13-,14-,16-/m0/s1. The Hall–Kier alpha value is -0.540. The van der Waals surface area contributed by atoms with E-state index in [1.807, 2.05) is 13.8 Å². The summed E-state index contributed by atoms with van der Waals surface area (Å²) in [7, 11) is 0. The molecule has 4 rings (SSSR count). The summed E-state index contributed by atoms with van der Waals surface area (Å²) in [6.07, 6.45) is -6.06. The molecule has 3 aliphatic carbocycles. The van der Waals surface area contributed by atoms with E-state index in [-0.39, 0.29) is 11.3 Å². The molecule has 4 fully saturated rings. The first-order valence-electron chi connectivity index (χ1n) is 7.99. The van der Waals surface area contributed by atoms with Crippen molar-refractivity contribution < 1.29 is 35.0 Å². The van der Waals surface area contributed by atoms with Crippen molar-refractivity contribution in [3.63, 3.8) is 0 Å². The second kappa shape index (κ2) is 5.49. The van der Waals surface area contributed by atoms with E-state index < -0.39 is 49.0 Å². The van der Waals surface area contributed by atoms with Crippen molar-refractivity contribution in [2.75, 3.05) is 6.61 Å². The molecule has 1 heterocycles. The first-order valence-corrected chi connectivity index (χ1v) is 7.99. The van der Waals surface area contributed by atoms with Crippen LogP contribution in [0.3, 0.4) is 0 Å². The van der Waals surface area contributed by atoms with Crippen molar-refractivity contribution in [1.82, 2.24) is 0 Å². The molecule has 2 bridgehead atoms. The molecule has 0 aromatic rings. The van der Waals surface area contributed by atoms with E-state index in [4.69, 9.17) is 9.47 Å². The Morgan fingerprint density at radius 1 is 1.17 bits per heavy atom. The van der Waals surface area contributed by atoms with Crippen molar-refractivity contribution in [2.24, 2.45) is 11.3 Å². The van der Waals surface area contributed by atoms with Crippen LogP contribution in [0.5, 0.6) is 0 Å². The second-order valence-electron chi connectivity index (χ2n) is 7.61. The minimum absolute atomic E-state index is 0.121. The third-order valence-electron chi connectivity index (χ3n) is 6.14. The van der Waals surface area contributed by atoms with E-state index in [0.29, 0.717) is 12.8 Å². The highest BCUT2D eigenvalue weighted by Gasteiger charge is 2.65. The van der Waals surface area contributed by atoms with Crippen LogP contribution in [-0.4, -0.2) is 74.6 Å². The number of fused-ring (bicyclic) bond motifs is 2. The van der Waals surface area contributed by atoms with Gasteiger partial charge in [-0.05, 0) is 17.9 Å². The number of hydrogen-bond donors (Lipinski definition) is 5. The fourth-order valence-corrected chi connectivity index (χ4v) is 4.13. The molecule has 1 aliphatic heterocycles. The summed E-state index contributed by atoms with van der Waals surface area (Å²) in [5.74, 6) is 0.121. The maximum Gasteiger partial charge on any atom is 0.187 e. The number of aliphatic hydroxyl groups excluding tert-OH is 4. The molecule has 0 radical (unpaired) electrons. The van der Waals surface area contributed by atoms with E-state index in [1.54, 1.807) is 0 Å². The van der Waals surface area contributed by atoms with Gasteiger partial charge in [-0.25, -0.2) is 0 Å². The maximum atomic E-state index is 10.7. The average molecular weight is 330 g/mol. The quantitative estimate of drug-likeness (QED) is 0.417. The predicted octanol–water partition coefficient (Wildman–Crippen LogP) is -1.09. The van der Waals surface area contributed by atoms with Crippen LogP contribution in [0.2, 0.25) is 0 Å². The monoisotopic (exact) mass is 330 g/mol. The van der Waals surface area contributed by atoms with Crippen molar-refractivity contribution in [2.45, 2.75) is 69.1 Å². The van der Waals surface area contributed by atoms with Gasteiger partial charge in [0.25, 0.3) is 0 Å². The Bertz CT molecular complexity index is 491. The SMILES string of the molecule is C=C1[C@H](O[C@H]2O[C@@H](CO)[C@H](O)[C@@H](O)[C@@H]2O)C[C@@]2(O)C[C@@H]1C2(C)C. The van der Waals surface area contributed by atoms with Crippen LogP contribution in [0.4, 0.5) is 0 Å². The van der Waals surface area contributed by atoms with Crippen molar-refractivity contribution in [3.05, 3.63) is 12.2 Å². The van der Waals surface area contributed by atoms with E-state index in [9.17, 15) is 25.5 Å². The Balaban J connectivity index is 1.71. The summed E-state index contributed by atoms with van der Waals surface area (Å²) in [6.45, 7) is 7.56. The third kappa shape index (κ3) is 2.38. The van der Waals surface area contributed by atoms with Gasteiger partial charge >= 0.3 is 0 Å². The van der Waals surface area contributed by atoms with Crippen LogP contribution in [0.1, 0.15) is 26.7 Å². The van der Waals surface area contributed by atoms with Crippen LogP contribution in [0, 0.1) is 11.3 Å². The molecular formula is C16H26O7. The molecule has 7 nitrogen and oxygen atoms in total. The third-order valence-corrected chi connectivity index (χ3v) is 6.14. The van der Waals surface area contributed by atoms with Gasteiger partial charge in [-0.2, -0.15) is 0 Å². The predicted molar refractivity (Wildman–Crippen MR) is 79.2 cm³/mol. The zero-order valence-corrected chi connectivity index (χ0v) is 13.4. The smallest absolute Gasteiger partial charge is 0.187 e. The van der Waals surface area contributed by atoms with Gasteiger partial charge in [-0.3, -0.25) is 0 Å². The van der Waals surface area contributed by atoms with Crippen molar-refractivity contribution in [3.8, 4) is 0 Å². The van der Waals surface area contributed by atoms with Gasteiger partial charge in [0.15, 0.2) is 6.29 Å². The van der Waals surface area contributed by atoms with Gasteiger partial charge in [-0.1, -0.05) is 20.4 Å².